The Morgan fingerprint density at radius 2 is 1.91 bits per heavy atom. The first-order valence-electron chi connectivity index (χ1n) is 10.7. The summed E-state index contributed by atoms with van der Waals surface area (Å²) in [7, 11) is 1.50. The van der Waals surface area contributed by atoms with E-state index in [1.165, 1.54) is 62.4 Å². The van der Waals surface area contributed by atoms with Crippen LogP contribution in [0.4, 0.5) is 5.69 Å². The monoisotopic (exact) mass is 452 g/mol. The number of benzene rings is 2. The number of ether oxygens (including phenoxy) is 1. The molecule has 1 saturated carbocycles. The second-order valence-corrected chi connectivity index (χ2v) is 9.80. The van der Waals surface area contributed by atoms with Crippen molar-refractivity contribution in [2.75, 3.05) is 11.8 Å². The molecule has 2 N–H and O–H groups in total. The van der Waals surface area contributed by atoms with Crippen molar-refractivity contribution in [3.05, 3.63) is 59.9 Å². The van der Waals surface area contributed by atoms with E-state index in [1.54, 1.807) is 12.3 Å². The summed E-state index contributed by atoms with van der Waals surface area (Å²) in [5, 5.41) is 9.79. The highest BCUT2D eigenvalue weighted by molar-refractivity contribution is 8.00. The number of methoxy groups -OCH3 is 1. The number of oxazole rings is 1. The molecule has 1 heterocycles. The van der Waals surface area contributed by atoms with Gasteiger partial charge in [-0.25, -0.2) is 9.78 Å². The summed E-state index contributed by atoms with van der Waals surface area (Å²) in [6.45, 7) is 4.72. The van der Waals surface area contributed by atoms with Gasteiger partial charge in [0.15, 0.2) is 5.03 Å². The number of aromatic nitrogens is 1. The van der Waals surface area contributed by atoms with E-state index in [0.717, 1.165) is 5.56 Å². The maximum atomic E-state index is 11.1. The number of carbonyl (C=O) groups is 1. The van der Waals surface area contributed by atoms with Gasteiger partial charge >= 0.3 is 5.97 Å². The number of carboxylic acids is 1. The molecule has 1 aliphatic rings. The van der Waals surface area contributed by atoms with Crippen LogP contribution in [-0.2, 0) is 0 Å². The Labute approximate surface area is 192 Å². The van der Waals surface area contributed by atoms with Crippen LogP contribution in [0.25, 0.3) is 11.5 Å². The van der Waals surface area contributed by atoms with Crippen molar-refractivity contribution < 1.29 is 19.1 Å². The molecule has 0 unspecified atom stereocenters. The summed E-state index contributed by atoms with van der Waals surface area (Å²) in [6.07, 6.45) is 6.64. The number of rotatable bonds is 7. The van der Waals surface area contributed by atoms with Gasteiger partial charge < -0.3 is 19.0 Å². The zero-order valence-corrected chi connectivity index (χ0v) is 19.4. The average molecular weight is 453 g/mol. The minimum Gasteiger partial charge on any atom is -0.495 e. The lowest BCUT2D eigenvalue weighted by Crippen LogP contribution is -2.20. The number of hydrogen-bond donors (Lipinski definition) is 2. The van der Waals surface area contributed by atoms with Gasteiger partial charge in [0.25, 0.3) is 0 Å². The largest absolute Gasteiger partial charge is 0.495 e. The third kappa shape index (κ3) is 5.10. The SMILES string of the molecule is COc1cc(C(=O)O)ccc1NSc1coc(-c2ccc(C3CCC(C)(C)CC3)cc2)n1. The van der Waals surface area contributed by atoms with Crippen LogP contribution < -0.4 is 9.46 Å². The van der Waals surface area contributed by atoms with Crippen molar-refractivity contribution in [1.82, 2.24) is 4.98 Å². The zero-order chi connectivity index (χ0) is 22.7. The molecule has 0 amide bonds. The van der Waals surface area contributed by atoms with E-state index < -0.39 is 5.97 Å². The lowest BCUT2D eigenvalue weighted by molar-refractivity contribution is 0.0696. The molecule has 3 aromatic rings. The fraction of sp³-hybridized carbons (Fsp3) is 0.360. The van der Waals surface area contributed by atoms with Crippen LogP contribution in [0.3, 0.4) is 0 Å². The second kappa shape index (κ2) is 9.28. The van der Waals surface area contributed by atoms with Gasteiger partial charge in [-0.2, -0.15) is 0 Å². The van der Waals surface area contributed by atoms with Crippen molar-refractivity contribution in [1.29, 1.82) is 0 Å². The maximum absolute atomic E-state index is 11.1. The van der Waals surface area contributed by atoms with Crippen LogP contribution in [-0.4, -0.2) is 23.2 Å². The Morgan fingerprint density at radius 1 is 1.19 bits per heavy atom. The maximum Gasteiger partial charge on any atom is 0.335 e. The van der Waals surface area contributed by atoms with Crippen molar-refractivity contribution in [2.45, 2.75) is 50.5 Å². The fourth-order valence-electron chi connectivity index (χ4n) is 4.08. The fourth-order valence-corrected chi connectivity index (χ4v) is 4.69. The second-order valence-electron chi connectivity index (χ2n) is 8.98. The molecule has 0 saturated heterocycles. The van der Waals surface area contributed by atoms with Crippen molar-refractivity contribution in [2.24, 2.45) is 5.41 Å². The number of nitrogens with zero attached hydrogens (tertiary/aromatic N) is 1. The number of hydrogen-bond acceptors (Lipinski definition) is 6. The molecule has 0 aliphatic heterocycles. The molecule has 0 spiro atoms. The van der Waals surface area contributed by atoms with Gasteiger partial charge in [-0.15, -0.1) is 0 Å². The molecule has 7 heteroatoms. The van der Waals surface area contributed by atoms with Crippen molar-refractivity contribution >= 4 is 23.6 Å². The Morgan fingerprint density at radius 3 is 2.56 bits per heavy atom. The van der Waals surface area contributed by atoms with E-state index in [9.17, 15) is 4.79 Å². The van der Waals surface area contributed by atoms with Gasteiger partial charge in [0.1, 0.15) is 12.0 Å². The molecule has 6 nitrogen and oxygen atoms in total. The number of carboxylic acid groups (broad SMARTS) is 1. The molecule has 1 fully saturated rings. The summed E-state index contributed by atoms with van der Waals surface area (Å²) < 4.78 is 14.1. The summed E-state index contributed by atoms with van der Waals surface area (Å²) in [6, 6.07) is 13.2. The first-order valence-corrected chi connectivity index (χ1v) is 11.6. The molecular weight excluding hydrogens is 424 g/mol. The first-order chi connectivity index (χ1) is 15.3. The van der Waals surface area contributed by atoms with Gasteiger partial charge in [-0.05, 0) is 72.9 Å². The van der Waals surface area contributed by atoms with E-state index in [4.69, 9.17) is 14.3 Å². The molecule has 32 heavy (non-hydrogen) atoms. The molecule has 0 atom stereocenters. The van der Waals surface area contributed by atoms with Gasteiger partial charge in [-0.3, -0.25) is 0 Å². The van der Waals surface area contributed by atoms with Gasteiger partial charge in [0, 0.05) is 17.5 Å². The van der Waals surface area contributed by atoms with Crippen LogP contribution in [0.1, 0.15) is 61.4 Å². The molecule has 4 rings (SSSR count). The summed E-state index contributed by atoms with van der Waals surface area (Å²) in [5.41, 5.74) is 3.64. The molecular formula is C25H28N2O4S. The first kappa shape index (κ1) is 22.3. The highest BCUT2D eigenvalue weighted by Gasteiger charge is 2.27. The molecule has 0 radical (unpaired) electrons. The number of aromatic carboxylic acids is 1. The Kier molecular flexibility index (Phi) is 6.46. The molecule has 2 aromatic carbocycles. The smallest absolute Gasteiger partial charge is 0.335 e. The Hall–Kier alpha value is -2.93. The van der Waals surface area contributed by atoms with Gasteiger partial charge in [-0.1, -0.05) is 26.0 Å². The van der Waals surface area contributed by atoms with E-state index in [-0.39, 0.29) is 5.56 Å². The van der Waals surface area contributed by atoms with Crippen molar-refractivity contribution in [3.63, 3.8) is 0 Å². The number of nitrogens with one attached hydrogen (secondary N) is 1. The van der Waals surface area contributed by atoms with E-state index in [2.05, 4.69) is 47.8 Å². The standard InChI is InChI=1S/C25H28N2O4S/c1-25(2)12-10-17(11-13-25)16-4-6-18(7-5-16)23-26-22(15-31-23)32-27-20-9-8-19(24(28)29)14-21(20)30-3/h4-9,14-15,17,27H,10-13H2,1-3H3,(H,28,29). The van der Waals surface area contributed by atoms with Crippen LogP contribution in [0.15, 0.2) is 58.2 Å². The lowest BCUT2D eigenvalue weighted by Gasteiger charge is -2.34. The van der Waals surface area contributed by atoms with Crippen LogP contribution in [0.2, 0.25) is 0 Å². The molecule has 168 valence electrons. The van der Waals surface area contributed by atoms with Gasteiger partial charge in [0.05, 0.1) is 18.4 Å². The third-order valence-electron chi connectivity index (χ3n) is 6.17. The average Bonchev–Trinajstić information content (AvgIpc) is 3.26. The third-order valence-corrected chi connectivity index (χ3v) is 6.88. The summed E-state index contributed by atoms with van der Waals surface area (Å²) in [5.74, 6) is 0.656. The molecule has 1 aliphatic carbocycles. The molecule has 1 aromatic heterocycles. The predicted molar refractivity (Wildman–Crippen MR) is 126 cm³/mol. The van der Waals surface area contributed by atoms with Gasteiger partial charge in [0.2, 0.25) is 5.89 Å². The summed E-state index contributed by atoms with van der Waals surface area (Å²) in [4.78, 5) is 15.7. The number of anilines is 1. The lowest BCUT2D eigenvalue weighted by atomic mass is 9.71. The normalized spacial score (nSPS) is 16.0. The van der Waals surface area contributed by atoms with Crippen LogP contribution in [0, 0.1) is 5.41 Å². The summed E-state index contributed by atoms with van der Waals surface area (Å²) >= 11 is 1.28. The van der Waals surface area contributed by atoms with E-state index >= 15 is 0 Å². The zero-order valence-electron chi connectivity index (χ0n) is 18.6. The van der Waals surface area contributed by atoms with E-state index in [1.807, 2.05) is 0 Å². The van der Waals surface area contributed by atoms with Crippen LogP contribution >= 0.6 is 11.9 Å². The Balaban J connectivity index is 1.39. The minimum atomic E-state index is -0.998. The molecule has 0 bridgehead atoms. The highest BCUT2D eigenvalue weighted by atomic mass is 32.2. The van der Waals surface area contributed by atoms with E-state index in [0.29, 0.717) is 33.7 Å². The predicted octanol–water partition coefficient (Wildman–Crippen LogP) is 6.85. The Bertz CT molecular complexity index is 1080. The highest BCUT2D eigenvalue weighted by Crippen LogP contribution is 2.42. The van der Waals surface area contributed by atoms with Crippen molar-refractivity contribution in [3.8, 4) is 17.2 Å². The minimum absolute atomic E-state index is 0.168. The quantitative estimate of drug-likeness (QED) is 0.379. The van der Waals surface area contributed by atoms with Crippen LogP contribution in [0.5, 0.6) is 5.75 Å². The topological polar surface area (TPSA) is 84.6 Å².